The van der Waals surface area contributed by atoms with Crippen LogP contribution in [0.1, 0.15) is 57.6 Å². The zero-order chi connectivity index (χ0) is 15.7. The fourth-order valence-corrected chi connectivity index (χ4v) is 2.27. The van der Waals surface area contributed by atoms with Crippen LogP contribution in [0.2, 0.25) is 0 Å². The van der Waals surface area contributed by atoms with Crippen LogP contribution in [-0.4, -0.2) is 12.9 Å². The molecule has 0 amide bonds. The summed E-state index contributed by atoms with van der Waals surface area (Å²) in [7, 11) is 0. The van der Waals surface area contributed by atoms with Crippen LogP contribution in [0.5, 0.6) is 5.75 Å². The van der Waals surface area contributed by atoms with Gasteiger partial charge in [0.2, 0.25) is 0 Å². The molecular formula is C16H24F3NO. The lowest BCUT2D eigenvalue weighted by atomic mass is 9.99. The first-order chi connectivity index (χ1) is 9.98. The van der Waals surface area contributed by atoms with Gasteiger partial charge in [-0.2, -0.15) is 0 Å². The SMILES string of the molecule is CCCCCC(NCCC)c1ccccc1OC(F)(F)F. The number of hydrogen-bond donors (Lipinski definition) is 1. The van der Waals surface area contributed by atoms with Crippen molar-refractivity contribution in [3.63, 3.8) is 0 Å². The second kappa shape index (κ2) is 8.93. The Hall–Kier alpha value is -1.23. The molecule has 0 saturated heterocycles. The Balaban J connectivity index is 2.88. The maximum absolute atomic E-state index is 12.5. The summed E-state index contributed by atoms with van der Waals surface area (Å²) < 4.78 is 41.7. The third-order valence-electron chi connectivity index (χ3n) is 3.26. The van der Waals surface area contributed by atoms with Crippen molar-refractivity contribution in [2.75, 3.05) is 6.54 Å². The van der Waals surface area contributed by atoms with Gasteiger partial charge in [-0.25, -0.2) is 0 Å². The van der Waals surface area contributed by atoms with Crippen molar-refractivity contribution in [2.24, 2.45) is 0 Å². The molecule has 0 bridgehead atoms. The molecule has 5 heteroatoms. The maximum atomic E-state index is 12.5. The minimum atomic E-state index is -4.66. The highest BCUT2D eigenvalue weighted by molar-refractivity contribution is 5.36. The Morgan fingerprint density at radius 3 is 2.43 bits per heavy atom. The zero-order valence-corrected chi connectivity index (χ0v) is 12.7. The Morgan fingerprint density at radius 2 is 1.81 bits per heavy atom. The molecule has 0 saturated carbocycles. The summed E-state index contributed by atoms with van der Waals surface area (Å²) in [4.78, 5) is 0. The Bertz CT molecular complexity index is 407. The monoisotopic (exact) mass is 303 g/mol. The molecule has 1 aromatic carbocycles. The fourth-order valence-electron chi connectivity index (χ4n) is 2.27. The van der Waals surface area contributed by atoms with Gasteiger partial charge in [-0.15, -0.1) is 13.2 Å². The van der Waals surface area contributed by atoms with Gasteiger partial charge < -0.3 is 10.1 Å². The van der Waals surface area contributed by atoms with E-state index in [1.807, 2.05) is 6.92 Å². The molecule has 1 unspecified atom stereocenters. The third kappa shape index (κ3) is 6.85. The van der Waals surface area contributed by atoms with Gasteiger partial charge in [0, 0.05) is 11.6 Å². The number of para-hydroxylation sites is 1. The van der Waals surface area contributed by atoms with E-state index in [4.69, 9.17) is 0 Å². The van der Waals surface area contributed by atoms with E-state index in [0.717, 1.165) is 38.6 Å². The molecule has 1 aromatic rings. The molecule has 0 radical (unpaired) electrons. The van der Waals surface area contributed by atoms with Crippen molar-refractivity contribution in [1.29, 1.82) is 0 Å². The van der Waals surface area contributed by atoms with Crippen LogP contribution in [0.4, 0.5) is 13.2 Å². The molecule has 0 aliphatic carbocycles. The van der Waals surface area contributed by atoms with Crippen molar-refractivity contribution in [3.8, 4) is 5.75 Å². The van der Waals surface area contributed by atoms with Gasteiger partial charge in [-0.05, 0) is 25.5 Å². The second-order valence-corrected chi connectivity index (χ2v) is 5.09. The molecule has 0 aliphatic rings. The topological polar surface area (TPSA) is 21.3 Å². The van der Waals surface area contributed by atoms with Crippen molar-refractivity contribution in [1.82, 2.24) is 5.32 Å². The summed E-state index contributed by atoms with van der Waals surface area (Å²) in [6.45, 7) is 4.92. The molecule has 0 aromatic heterocycles. The van der Waals surface area contributed by atoms with Gasteiger partial charge in [0.15, 0.2) is 0 Å². The number of ether oxygens (including phenoxy) is 1. The van der Waals surface area contributed by atoms with Gasteiger partial charge >= 0.3 is 6.36 Å². The lowest BCUT2D eigenvalue weighted by Gasteiger charge is -2.22. The van der Waals surface area contributed by atoms with Gasteiger partial charge in [0.05, 0.1) is 0 Å². The molecule has 0 spiro atoms. The van der Waals surface area contributed by atoms with Crippen molar-refractivity contribution in [3.05, 3.63) is 29.8 Å². The first-order valence-electron chi connectivity index (χ1n) is 7.56. The van der Waals surface area contributed by atoms with E-state index in [1.54, 1.807) is 18.2 Å². The van der Waals surface area contributed by atoms with Gasteiger partial charge in [-0.3, -0.25) is 0 Å². The number of halogens is 3. The fraction of sp³-hybridized carbons (Fsp3) is 0.625. The normalized spacial score (nSPS) is 13.2. The molecule has 1 atom stereocenters. The van der Waals surface area contributed by atoms with Gasteiger partial charge in [0.1, 0.15) is 5.75 Å². The summed E-state index contributed by atoms with van der Waals surface area (Å²) in [5.74, 6) is -0.102. The molecule has 1 N–H and O–H groups in total. The predicted octanol–water partition coefficient (Wildman–Crippen LogP) is 5.21. The summed E-state index contributed by atoms with van der Waals surface area (Å²) >= 11 is 0. The first kappa shape index (κ1) is 17.8. The molecule has 0 aliphatic heterocycles. The zero-order valence-electron chi connectivity index (χ0n) is 12.7. The molecule has 1 rings (SSSR count). The average Bonchev–Trinajstić information content (AvgIpc) is 2.42. The van der Waals surface area contributed by atoms with Crippen LogP contribution >= 0.6 is 0 Å². The molecule has 21 heavy (non-hydrogen) atoms. The lowest BCUT2D eigenvalue weighted by molar-refractivity contribution is -0.275. The maximum Gasteiger partial charge on any atom is 0.573 e. The van der Waals surface area contributed by atoms with Crippen LogP contribution < -0.4 is 10.1 Å². The highest BCUT2D eigenvalue weighted by atomic mass is 19.4. The minimum Gasteiger partial charge on any atom is -0.405 e. The van der Waals surface area contributed by atoms with Crippen molar-refractivity contribution in [2.45, 2.75) is 58.4 Å². The largest absolute Gasteiger partial charge is 0.573 e. The van der Waals surface area contributed by atoms with E-state index < -0.39 is 6.36 Å². The number of unbranched alkanes of at least 4 members (excludes halogenated alkanes) is 2. The summed E-state index contributed by atoms with van der Waals surface area (Å²) in [5.41, 5.74) is 0.583. The molecule has 0 heterocycles. The smallest absolute Gasteiger partial charge is 0.405 e. The van der Waals surface area contributed by atoms with E-state index in [-0.39, 0.29) is 11.8 Å². The van der Waals surface area contributed by atoms with Crippen LogP contribution in [0.25, 0.3) is 0 Å². The van der Waals surface area contributed by atoms with E-state index in [1.165, 1.54) is 6.07 Å². The number of benzene rings is 1. The number of alkyl halides is 3. The molecule has 120 valence electrons. The van der Waals surface area contributed by atoms with Gasteiger partial charge in [-0.1, -0.05) is 51.3 Å². The predicted molar refractivity (Wildman–Crippen MR) is 78.3 cm³/mol. The summed E-state index contributed by atoms with van der Waals surface area (Å²) in [5, 5.41) is 3.32. The Labute approximate surface area is 124 Å². The van der Waals surface area contributed by atoms with Crippen LogP contribution in [0, 0.1) is 0 Å². The Kier molecular flexibility index (Phi) is 7.57. The van der Waals surface area contributed by atoms with E-state index in [9.17, 15) is 13.2 Å². The van der Waals surface area contributed by atoms with E-state index >= 15 is 0 Å². The Morgan fingerprint density at radius 1 is 1.10 bits per heavy atom. The molecule has 0 fully saturated rings. The quantitative estimate of drug-likeness (QED) is 0.633. The standard InChI is InChI=1S/C16H24F3NO/c1-3-5-6-10-14(20-12-4-2)13-9-7-8-11-15(13)21-16(17,18)19/h7-9,11,14,20H,3-6,10,12H2,1-2H3. The third-order valence-corrected chi connectivity index (χ3v) is 3.26. The number of rotatable bonds is 9. The lowest BCUT2D eigenvalue weighted by Crippen LogP contribution is -2.24. The first-order valence-corrected chi connectivity index (χ1v) is 7.56. The van der Waals surface area contributed by atoms with Crippen molar-refractivity contribution >= 4 is 0 Å². The molecular weight excluding hydrogens is 279 g/mol. The number of nitrogens with one attached hydrogen (secondary N) is 1. The van der Waals surface area contributed by atoms with Gasteiger partial charge in [0.25, 0.3) is 0 Å². The summed E-state index contributed by atoms with van der Waals surface area (Å²) in [6, 6.07) is 6.30. The highest BCUT2D eigenvalue weighted by Crippen LogP contribution is 2.32. The van der Waals surface area contributed by atoms with Crippen LogP contribution in [0.3, 0.4) is 0 Å². The van der Waals surface area contributed by atoms with Crippen LogP contribution in [-0.2, 0) is 0 Å². The summed E-state index contributed by atoms with van der Waals surface area (Å²) in [6.07, 6.45) is 0.236. The van der Waals surface area contributed by atoms with E-state index in [0.29, 0.717) is 5.56 Å². The number of hydrogen-bond acceptors (Lipinski definition) is 2. The van der Waals surface area contributed by atoms with Crippen molar-refractivity contribution < 1.29 is 17.9 Å². The van der Waals surface area contributed by atoms with Crippen LogP contribution in [0.15, 0.2) is 24.3 Å². The molecule has 2 nitrogen and oxygen atoms in total. The van der Waals surface area contributed by atoms with E-state index in [2.05, 4.69) is 17.0 Å². The second-order valence-electron chi connectivity index (χ2n) is 5.09. The minimum absolute atomic E-state index is 0.102. The highest BCUT2D eigenvalue weighted by Gasteiger charge is 2.32. The average molecular weight is 303 g/mol.